The maximum atomic E-state index is 12.5. The van der Waals surface area contributed by atoms with Gasteiger partial charge < -0.3 is 0 Å². The van der Waals surface area contributed by atoms with Gasteiger partial charge in [0.25, 0.3) is 0 Å². The van der Waals surface area contributed by atoms with Crippen LogP contribution < -0.4 is 5.32 Å². The Bertz CT molecular complexity index is 727. The summed E-state index contributed by atoms with van der Waals surface area (Å²) in [5, 5.41) is 2.56. The van der Waals surface area contributed by atoms with E-state index >= 15 is 0 Å². The third kappa shape index (κ3) is 6.73. The Morgan fingerprint density at radius 2 is 1.97 bits per heavy atom. The Morgan fingerprint density at radius 1 is 1.28 bits per heavy atom. The van der Waals surface area contributed by atoms with Crippen LogP contribution in [-0.2, 0) is 32.6 Å². The van der Waals surface area contributed by atoms with Crippen LogP contribution in [0.5, 0.6) is 0 Å². The zero-order valence-corrected chi connectivity index (χ0v) is 17.5. The first-order valence-electron chi connectivity index (χ1n) is 8.92. The molecule has 1 aliphatic heterocycles. The van der Waals surface area contributed by atoms with E-state index in [1.165, 1.54) is 7.11 Å². The molecule has 162 valence electrons. The number of rotatable bonds is 8. The molecule has 0 radical (unpaired) electrons. The van der Waals surface area contributed by atoms with Gasteiger partial charge in [-0.15, -0.1) is 0 Å². The van der Waals surface area contributed by atoms with Crippen molar-refractivity contribution >= 4 is 26.0 Å². The Balaban J connectivity index is 1.89. The van der Waals surface area contributed by atoms with Gasteiger partial charge in [-0.25, -0.2) is 0 Å². The molecule has 1 atom stereocenters. The zero-order chi connectivity index (χ0) is 21.5. The van der Waals surface area contributed by atoms with Gasteiger partial charge >= 0.3 is 168 Å². The van der Waals surface area contributed by atoms with E-state index in [-0.39, 0.29) is 19.6 Å². The predicted molar refractivity (Wildman–Crippen MR) is 103 cm³/mol. The molecule has 1 aliphatic rings. The van der Waals surface area contributed by atoms with Gasteiger partial charge in [0.15, 0.2) is 0 Å². The molecule has 1 saturated heterocycles. The molecule has 10 nitrogen and oxygen atoms in total. The van der Waals surface area contributed by atoms with Gasteiger partial charge in [-0.3, -0.25) is 0 Å². The van der Waals surface area contributed by atoms with E-state index < -0.39 is 44.3 Å². The standard InChI is InChI=1S/C18H26NO9P/c1-18(2)11-26-29(23,27-12-25-17(22)13-7-5-4-6-8-13)28-15(18)16(21)19-10-9-14(20)24-3/h4-8,15,23,29H,9-12H2,1-3H3,(H,19,21)/t15-/m0/s1. The molecule has 0 bridgehead atoms. The Kier molecular flexibility index (Phi) is 8.06. The molecule has 1 aromatic carbocycles. The number of ether oxygens (including phenoxy) is 2. The van der Waals surface area contributed by atoms with Gasteiger partial charge in [-0.1, -0.05) is 0 Å². The molecule has 0 unspecified atom stereocenters. The van der Waals surface area contributed by atoms with E-state index in [1.54, 1.807) is 44.2 Å². The third-order valence-corrected chi connectivity index (χ3v) is 5.66. The fraction of sp³-hybridized carbons (Fsp3) is 0.500. The quantitative estimate of drug-likeness (QED) is 0.356. The van der Waals surface area contributed by atoms with Crippen LogP contribution in [0, 0.1) is 5.41 Å². The topological polar surface area (TPSA) is 130 Å². The molecule has 11 heteroatoms. The van der Waals surface area contributed by atoms with Crippen molar-refractivity contribution in [2.24, 2.45) is 5.41 Å². The molecule has 2 N–H and O–H groups in total. The van der Waals surface area contributed by atoms with Crippen LogP contribution in [0.2, 0.25) is 0 Å². The molecule has 0 spiro atoms. The van der Waals surface area contributed by atoms with E-state index in [2.05, 4.69) is 10.1 Å². The molecule has 0 aromatic heterocycles. The van der Waals surface area contributed by atoms with E-state index in [0.717, 1.165) is 0 Å². The van der Waals surface area contributed by atoms with Crippen LogP contribution in [0.25, 0.3) is 0 Å². The van der Waals surface area contributed by atoms with Gasteiger partial charge in [0.05, 0.1) is 0 Å². The Hall–Kier alpha value is -2.10. The molecule has 0 saturated carbocycles. The van der Waals surface area contributed by atoms with Crippen LogP contribution in [-0.4, -0.2) is 55.9 Å². The first kappa shape index (κ1) is 23.2. The fourth-order valence-corrected chi connectivity index (χ4v) is 4.18. The number of carbonyl (C=O) groups is 3. The Labute approximate surface area is 169 Å². The summed E-state index contributed by atoms with van der Waals surface area (Å²) in [6.45, 7) is 2.88. The summed E-state index contributed by atoms with van der Waals surface area (Å²) in [5.74, 6) is -1.64. The fourth-order valence-electron chi connectivity index (χ4n) is 2.48. The monoisotopic (exact) mass is 431 g/mol. The Morgan fingerprint density at radius 3 is 2.62 bits per heavy atom. The second-order valence-corrected chi connectivity index (χ2v) is 8.84. The van der Waals surface area contributed by atoms with Crippen molar-refractivity contribution in [3.05, 3.63) is 35.9 Å². The van der Waals surface area contributed by atoms with Crippen molar-refractivity contribution in [3.8, 4) is 0 Å². The SMILES string of the molecule is COC(=O)CCNC(=O)[C@@H]1O[PH](O)(OCOC(=O)c2ccccc2)OCC1(C)C. The summed E-state index contributed by atoms with van der Waals surface area (Å²) < 4.78 is 25.4. The van der Waals surface area contributed by atoms with Crippen molar-refractivity contribution in [1.82, 2.24) is 5.32 Å². The summed E-state index contributed by atoms with van der Waals surface area (Å²) in [6.07, 6.45) is -1.09. The minimum absolute atomic E-state index is 0.000474. The van der Waals surface area contributed by atoms with E-state index in [0.29, 0.717) is 5.56 Å². The summed E-state index contributed by atoms with van der Waals surface area (Å²) in [4.78, 5) is 46.0. The number of nitrogens with one attached hydrogen (secondary N) is 1. The molecule has 2 rings (SSSR count). The average molecular weight is 431 g/mol. The van der Waals surface area contributed by atoms with Gasteiger partial charge in [0.2, 0.25) is 0 Å². The van der Waals surface area contributed by atoms with Crippen molar-refractivity contribution in [3.63, 3.8) is 0 Å². The number of carbonyl (C=O) groups excluding carboxylic acids is 3. The van der Waals surface area contributed by atoms with Gasteiger partial charge in [-0.2, -0.15) is 0 Å². The van der Waals surface area contributed by atoms with Crippen LogP contribution in [0.3, 0.4) is 0 Å². The van der Waals surface area contributed by atoms with Crippen molar-refractivity contribution in [2.45, 2.75) is 26.4 Å². The molecule has 0 aliphatic carbocycles. The summed E-state index contributed by atoms with van der Waals surface area (Å²) in [7, 11) is -2.96. The first-order chi connectivity index (χ1) is 13.7. The molecule has 1 aromatic rings. The minimum atomic E-state index is -4.22. The van der Waals surface area contributed by atoms with Crippen LogP contribution >= 0.6 is 8.17 Å². The van der Waals surface area contributed by atoms with Gasteiger partial charge in [0, 0.05) is 0 Å². The molecule has 1 heterocycles. The van der Waals surface area contributed by atoms with E-state index in [1.807, 2.05) is 0 Å². The molecule has 1 fully saturated rings. The number of benzene rings is 1. The average Bonchev–Trinajstić information content (AvgIpc) is 2.70. The second-order valence-electron chi connectivity index (χ2n) is 6.98. The normalized spacial score (nSPS) is 20.9. The van der Waals surface area contributed by atoms with Gasteiger partial charge in [0.1, 0.15) is 0 Å². The number of esters is 2. The molecular weight excluding hydrogens is 405 g/mol. The number of methoxy groups -OCH3 is 1. The first-order valence-corrected chi connectivity index (χ1v) is 10.6. The van der Waals surface area contributed by atoms with Crippen LogP contribution in [0.15, 0.2) is 30.3 Å². The summed E-state index contributed by atoms with van der Waals surface area (Å²) in [6, 6.07) is 8.25. The molecule has 1 amide bonds. The number of amides is 1. The molecule has 29 heavy (non-hydrogen) atoms. The van der Waals surface area contributed by atoms with Crippen LogP contribution in [0.1, 0.15) is 30.6 Å². The maximum absolute atomic E-state index is 12.5. The van der Waals surface area contributed by atoms with Gasteiger partial charge in [-0.05, 0) is 0 Å². The predicted octanol–water partition coefficient (Wildman–Crippen LogP) is 1.34. The number of hydrogen-bond donors (Lipinski definition) is 2. The number of hydrogen-bond acceptors (Lipinski definition) is 9. The third-order valence-electron chi connectivity index (χ3n) is 4.14. The van der Waals surface area contributed by atoms with Crippen molar-refractivity contribution in [1.29, 1.82) is 0 Å². The molecular formula is C18H26NO9P. The van der Waals surface area contributed by atoms with E-state index in [9.17, 15) is 19.3 Å². The zero-order valence-electron chi connectivity index (χ0n) is 16.5. The van der Waals surface area contributed by atoms with Crippen molar-refractivity contribution in [2.75, 3.05) is 27.1 Å². The van der Waals surface area contributed by atoms with Crippen LogP contribution in [0.4, 0.5) is 0 Å². The van der Waals surface area contributed by atoms with E-state index in [4.69, 9.17) is 18.3 Å². The van der Waals surface area contributed by atoms with Crippen molar-refractivity contribution < 1.29 is 42.3 Å². The summed E-state index contributed by atoms with van der Waals surface area (Å²) >= 11 is 0. The summed E-state index contributed by atoms with van der Waals surface area (Å²) in [5.41, 5.74) is -0.446. The second kappa shape index (κ2) is 10.1.